The predicted molar refractivity (Wildman–Crippen MR) is 64.3 cm³/mol. The van der Waals surface area contributed by atoms with Gasteiger partial charge in [0.05, 0.1) is 6.54 Å². The molecule has 0 saturated heterocycles. The number of fused-ring (bicyclic) bond motifs is 1. The highest BCUT2D eigenvalue weighted by molar-refractivity contribution is 5.74. The van der Waals surface area contributed by atoms with Crippen LogP contribution in [0.15, 0.2) is 36.7 Å². The highest BCUT2D eigenvalue weighted by atomic mass is 19.1. The molecule has 1 unspecified atom stereocenters. The first-order valence-corrected chi connectivity index (χ1v) is 5.80. The summed E-state index contributed by atoms with van der Waals surface area (Å²) >= 11 is 0. The van der Waals surface area contributed by atoms with Crippen molar-refractivity contribution in [1.82, 2.24) is 4.57 Å². The Morgan fingerprint density at radius 3 is 3.11 bits per heavy atom. The fourth-order valence-electron chi connectivity index (χ4n) is 2.27. The average molecular weight is 245 g/mol. The molecule has 2 heterocycles. The van der Waals surface area contributed by atoms with Crippen LogP contribution in [-0.2, 0) is 13.0 Å². The first-order chi connectivity index (χ1) is 8.74. The minimum atomic E-state index is -0.234. The second kappa shape index (κ2) is 4.29. The van der Waals surface area contributed by atoms with Crippen molar-refractivity contribution in [2.75, 3.05) is 0 Å². The number of halogens is 1. The zero-order valence-electron chi connectivity index (χ0n) is 9.67. The molecule has 1 aliphatic rings. The summed E-state index contributed by atoms with van der Waals surface area (Å²) in [7, 11) is 0. The van der Waals surface area contributed by atoms with Gasteiger partial charge in [-0.1, -0.05) is 0 Å². The Kier molecular flexibility index (Phi) is 2.63. The van der Waals surface area contributed by atoms with Gasteiger partial charge in [0.25, 0.3) is 0 Å². The van der Waals surface area contributed by atoms with E-state index in [1.165, 1.54) is 12.1 Å². The molecule has 0 aliphatic carbocycles. The van der Waals surface area contributed by atoms with Crippen LogP contribution < -0.4 is 4.74 Å². The van der Waals surface area contributed by atoms with Crippen molar-refractivity contribution in [3.05, 3.63) is 53.6 Å². The molecule has 1 aromatic carbocycles. The number of benzene rings is 1. The lowest BCUT2D eigenvalue weighted by molar-refractivity contribution is 0.112. The summed E-state index contributed by atoms with van der Waals surface area (Å²) in [5, 5.41) is 0. The zero-order valence-corrected chi connectivity index (χ0v) is 9.67. The Labute approximate surface area is 104 Å². The van der Waals surface area contributed by atoms with Crippen molar-refractivity contribution in [2.24, 2.45) is 0 Å². The third-order valence-corrected chi connectivity index (χ3v) is 3.09. The van der Waals surface area contributed by atoms with Gasteiger partial charge in [0.1, 0.15) is 17.7 Å². The summed E-state index contributed by atoms with van der Waals surface area (Å²) in [5.74, 6) is 0.520. The van der Waals surface area contributed by atoms with Gasteiger partial charge in [-0.15, -0.1) is 0 Å². The third-order valence-electron chi connectivity index (χ3n) is 3.09. The van der Waals surface area contributed by atoms with E-state index in [0.717, 1.165) is 17.6 Å². The molecule has 0 N–H and O–H groups in total. The van der Waals surface area contributed by atoms with Crippen molar-refractivity contribution in [2.45, 2.75) is 19.1 Å². The SMILES string of the molecule is O=Cc1ccn(CC2Cc3cc(F)ccc3O2)c1. The minimum absolute atomic E-state index is 0.00583. The van der Waals surface area contributed by atoms with E-state index in [1.54, 1.807) is 18.3 Å². The molecule has 0 spiro atoms. The van der Waals surface area contributed by atoms with Crippen molar-refractivity contribution in [3.63, 3.8) is 0 Å². The van der Waals surface area contributed by atoms with E-state index < -0.39 is 0 Å². The average Bonchev–Trinajstić information content (AvgIpc) is 2.95. The Bertz CT molecular complexity index is 591. The molecule has 1 aliphatic heterocycles. The van der Waals surface area contributed by atoms with E-state index in [1.807, 2.05) is 10.8 Å². The maximum Gasteiger partial charge on any atom is 0.151 e. The van der Waals surface area contributed by atoms with Crippen LogP contribution in [0.25, 0.3) is 0 Å². The van der Waals surface area contributed by atoms with E-state index >= 15 is 0 Å². The first-order valence-electron chi connectivity index (χ1n) is 5.80. The van der Waals surface area contributed by atoms with Crippen LogP contribution in [0.2, 0.25) is 0 Å². The van der Waals surface area contributed by atoms with Gasteiger partial charge in [0.2, 0.25) is 0 Å². The largest absolute Gasteiger partial charge is 0.488 e. The Hall–Kier alpha value is -2.10. The number of aldehydes is 1. The molecule has 0 saturated carbocycles. The third kappa shape index (κ3) is 2.01. The molecule has 1 aromatic heterocycles. The van der Waals surface area contributed by atoms with E-state index in [9.17, 15) is 9.18 Å². The second-order valence-electron chi connectivity index (χ2n) is 4.46. The van der Waals surface area contributed by atoms with Crippen molar-refractivity contribution in [1.29, 1.82) is 0 Å². The van der Waals surface area contributed by atoms with Gasteiger partial charge in [-0.2, -0.15) is 0 Å². The van der Waals surface area contributed by atoms with Crippen LogP contribution in [0.3, 0.4) is 0 Å². The van der Waals surface area contributed by atoms with E-state index in [-0.39, 0.29) is 11.9 Å². The summed E-state index contributed by atoms with van der Waals surface area (Å²) < 4.78 is 20.7. The molecule has 92 valence electrons. The quantitative estimate of drug-likeness (QED) is 0.778. The van der Waals surface area contributed by atoms with Gasteiger partial charge in [0, 0.05) is 29.9 Å². The number of rotatable bonds is 3. The fraction of sp³-hybridized carbons (Fsp3) is 0.214. The molecule has 0 amide bonds. The maximum absolute atomic E-state index is 13.1. The van der Waals surface area contributed by atoms with Gasteiger partial charge < -0.3 is 9.30 Å². The number of hydrogen-bond acceptors (Lipinski definition) is 2. The van der Waals surface area contributed by atoms with E-state index in [0.29, 0.717) is 18.5 Å². The van der Waals surface area contributed by atoms with Gasteiger partial charge in [-0.25, -0.2) is 4.39 Å². The summed E-state index contributed by atoms with van der Waals surface area (Å²) in [5.41, 5.74) is 1.55. The molecular weight excluding hydrogens is 233 g/mol. The number of carbonyl (C=O) groups excluding carboxylic acids is 1. The molecule has 0 fully saturated rings. The highest BCUT2D eigenvalue weighted by Crippen LogP contribution is 2.29. The molecule has 0 bridgehead atoms. The predicted octanol–water partition coefficient (Wildman–Crippen LogP) is 2.44. The summed E-state index contributed by atoms with van der Waals surface area (Å²) in [6.45, 7) is 0.657. The maximum atomic E-state index is 13.1. The Balaban J connectivity index is 1.72. The zero-order chi connectivity index (χ0) is 12.5. The number of nitrogens with zero attached hydrogens (tertiary/aromatic N) is 1. The monoisotopic (exact) mass is 245 g/mol. The topological polar surface area (TPSA) is 31.2 Å². The molecule has 0 radical (unpaired) electrons. The smallest absolute Gasteiger partial charge is 0.151 e. The van der Waals surface area contributed by atoms with Gasteiger partial charge in [-0.05, 0) is 24.3 Å². The standard InChI is InChI=1S/C14H12FNO2/c15-12-1-2-14-11(5-12)6-13(18-14)8-16-4-3-10(7-16)9-17/h1-5,7,9,13H,6,8H2. The lowest BCUT2D eigenvalue weighted by atomic mass is 10.1. The number of carbonyl (C=O) groups is 1. The first kappa shape index (κ1) is 11.0. The Morgan fingerprint density at radius 2 is 2.33 bits per heavy atom. The van der Waals surface area contributed by atoms with Crippen LogP contribution >= 0.6 is 0 Å². The van der Waals surface area contributed by atoms with Gasteiger partial charge in [-0.3, -0.25) is 4.79 Å². The Morgan fingerprint density at radius 1 is 1.44 bits per heavy atom. The normalized spacial score (nSPS) is 17.3. The van der Waals surface area contributed by atoms with Crippen LogP contribution in [0.4, 0.5) is 4.39 Å². The molecule has 3 nitrogen and oxygen atoms in total. The van der Waals surface area contributed by atoms with Crippen LogP contribution in [0, 0.1) is 5.82 Å². The highest BCUT2D eigenvalue weighted by Gasteiger charge is 2.23. The molecule has 3 rings (SSSR count). The summed E-state index contributed by atoms with van der Waals surface area (Å²) in [6.07, 6.45) is 5.13. The van der Waals surface area contributed by atoms with Gasteiger partial charge >= 0.3 is 0 Å². The van der Waals surface area contributed by atoms with Crippen molar-refractivity contribution >= 4 is 6.29 Å². The van der Waals surface area contributed by atoms with Crippen molar-refractivity contribution in [3.8, 4) is 5.75 Å². The van der Waals surface area contributed by atoms with Crippen LogP contribution in [0.5, 0.6) is 5.75 Å². The molecule has 18 heavy (non-hydrogen) atoms. The summed E-state index contributed by atoms with van der Waals surface area (Å²) in [4.78, 5) is 10.6. The number of aromatic nitrogens is 1. The summed E-state index contributed by atoms with van der Waals surface area (Å²) in [6, 6.07) is 6.34. The molecule has 1 atom stereocenters. The van der Waals surface area contributed by atoms with Gasteiger partial charge in [0.15, 0.2) is 6.29 Å². The fourth-order valence-corrected chi connectivity index (χ4v) is 2.27. The second-order valence-corrected chi connectivity index (χ2v) is 4.46. The van der Waals surface area contributed by atoms with Crippen LogP contribution in [0.1, 0.15) is 15.9 Å². The minimum Gasteiger partial charge on any atom is -0.488 e. The molecular formula is C14H12FNO2. The lowest BCUT2D eigenvalue weighted by Gasteiger charge is -2.11. The van der Waals surface area contributed by atoms with E-state index in [4.69, 9.17) is 4.74 Å². The lowest BCUT2D eigenvalue weighted by Crippen LogP contribution is -2.19. The van der Waals surface area contributed by atoms with E-state index in [2.05, 4.69) is 0 Å². The van der Waals surface area contributed by atoms with Crippen molar-refractivity contribution < 1.29 is 13.9 Å². The number of hydrogen-bond donors (Lipinski definition) is 0. The number of ether oxygens (including phenoxy) is 1. The van der Waals surface area contributed by atoms with Crippen LogP contribution in [-0.4, -0.2) is 17.0 Å². The molecule has 2 aromatic rings. The molecule has 4 heteroatoms.